The minimum Gasteiger partial charge on any atom is -0.462 e. The zero-order valence-electron chi connectivity index (χ0n) is 12.2. The van der Waals surface area contributed by atoms with Gasteiger partial charge in [-0.2, -0.15) is 5.26 Å². The number of hydrogen-bond acceptors (Lipinski definition) is 3. The first-order chi connectivity index (χ1) is 9.63. The van der Waals surface area contributed by atoms with E-state index in [1.807, 2.05) is 6.07 Å². The average molecular weight is 281 g/mol. The lowest BCUT2D eigenvalue weighted by atomic mass is 9.81. The van der Waals surface area contributed by atoms with Crippen molar-refractivity contribution in [2.45, 2.75) is 70.6 Å². The molecule has 3 nitrogen and oxygen atoms in total. The predicted molar refractivity (Wildman–Crippen MR) is 73.5 cm³/mol. The molecule has 0 radical (unpaired) electrons. The zero-order chi connectivity index (χ0) is 14.5. The Morgan fingerprint density at radius 2 is 1.95 bits per heavy atom. The van der Waals surface area contributed by atoms with Gasteiger partial charge in [0.25, 0.3) is 0 Å². The van der Waals surface area contributed by atoms with Crippen molar-refractivity contribution >= 4 is 5.97 Å². The first kappa shape index (κ1) is 15.3. The minimum absolute atomic E-state index is 0.00421. The summed E-state index contributed by atoms with van der Waals surface area (Å²) in [6, 6.07) is 1.99. The van der Waals surface area contributed by atoms with E-state index in [0.717, 1.165) is 31.6 Å². The summed E-state index contributed by atoms with van der Waals surface area (Å²) in [6.45, 7) is 2.19. The van der Waals surface area contributed by atoms with Gasteiger partial charge in [0.1, 0.15) is 12.3 Å². The molecule has 0 aromatic rings. The van der Waals surface area contributed by atoms with Crippen LogP contribution in [0.2, 0.25) is 0 Å². The second-order valence-electron chi connectivity index (χ2n) is 6.25. The van der Waals surface area contributed by atoms with E-state index >= 15 is 0 Å². The van der Waals surface area contributed by atoms with Crippen LogP contribution in [0.25, 0.3) is 0 Å². The van der Waals surface area contributed by atoms with Crippen LogP contribution in [0.15, 0.2) is 0 Å². The molecular formula is C16H24FNO2. The van der Waals surface area contributed by atoms with E-state index in [0.29, 0.717) is 12.8 Å². The van der Waals surface area contributed by atoms with Crippen LogP contribution in [0.5, 0.6) is 0 Å². The molecule has 0 saturated heterocycles. The summed E-state index contributed by atoms with van der Waals surface area (Å²) in [7, 11) is 0. The number of nitrogens with zero attached hydrogens (tertiary/aromatic N) is 1. The first-order valence-corrected chi connectivity index (χ1v) is 7.88. The van der Waals surface area contributed by atoms with Gasteiger partial charge in [0, 0.05) is 6.42 Å². The molecule has 4 heteroatoms. The highest BCUT2D eigenvalue weighted by Gasteiger charge is 2.34. The number of hydrogen-bond donors (Lipinski definition) is 0. The molecule has 2 fully saturated rings. The zero-order valence-corrected chi connectivity index (χ0v) is 12.2. The van der Waals surface area contributed by atoms with Gasteiger partial charge in [0.2, 0.25) is 0 Å². The third kappa shape index (κ3) is 3.71. The normalized spacial score (nSPS) is 38.0. The Labute approximate surface area is 120 Å². The van der Waals surface area contributed by atoms with E-state index in [1.54, 1.807) is 0 Å². The van der Waals surface area contributed by atoms with Crippen LogP contribution >= 0.6 is 0 Å². The fourth-order valence-electron chi connectivity index (χ4n) is 3.40. The number of alkyl halides is 1. The molecule has 3 atom stereocenters. The summed E-state index contributed by atoms with van der Waals surface area (Å²) in [4.78, 5) is 12.1. The van der Waals surface area contributed by atoms with E-state index in [-0.39, 0.29) is 24.4 Å². The summed E-state index contributed by atoms with van der Waals surface area (Å²) < 4.78 is 19.1. The average Bonchev–Trinajstić information content (AvgIpc) is 2.47. The Morgan fingerprint density at radius 3 is 2.50 bits per heavy atom. The number of rotatable bonds is 3. The fourth-order valence-corrected chi connectivity index (χ4v) is 3.40. The van der Waals surface area contributed by atoms with Crippen molar-refractivity contribution in [1.82, 2.24) is 0 Å². The molecule has 0 aromatic carbocycles. The second kappa shape index (κ2) is 7.06. The maximum Gasteiger partial charge on any atom is 0.309 e. The summed E-state index contributed by atoms with van der Waals surface area (Å²) >= 11 is 0. The van der Waals surface area contributed by atoms with Gasteiger partial charge >= 0.3 is 5.97 Å². The molecule has 3 unspecified atom stereocenters. The van der Waals surface area contributed by atoms with Crippen molar-refractivity contribution in [3.05, 3.63) is 0 Å². The summed E-state index contributed by atoms with van der Waals surface area (Å²) in [5.41, 5.74) is 0. The lowest BCUT2D eigenvalue weighted by Crippen LogP contribution is -2.34. The highest BCUT2D eigenvalue weighted by molar-refractivity contribution is 5.72. The van der Waals surface area contributed by atoms with Crippen LogP contribution in [0.4, 0.5) is 4.39 Å². The topological polar surface area (TPSA) is 50.1 Å². The van der Waals surface area contributed by atoms with Gasteiger partial charge in [-0.3, -0.25) is 4.79 Å². The maximum atomic E-state index is 13.7. The SMILES string of the molecule is CCC1CCC(C(=O)OC2CCC(C#N)C(F)C2)CC1. The van der Waals surface area contributed by atoms with Gasteiger partial charge < -0.3 is 4.74 Å². The first-order valence-electron chi connectivity index (χ1n) is 7.88. The van der Waals surface area contributed by atoms with Crippen LogP contribution < -0.4 is 0 Å². The molecule has 0 heterocycles. The fraction of sp³-hybridized carbons (Fsp3) is 0.875. The molecule has 112 valence electrons. The Balaban J connectivity index is 1.77. The molecule has 2 aliphatic rings. The molecule has 0 N–H and O–H groups in total. The summed E-state index contributed by atoms with van der Waals surface area (Å²) in [5.74, 6) is 0.0852. The Bertz CT molecular complexity index is 371. The molecule has 2 rings (SSSR count). The van der Waals surface area contributed by atoms with Gasteiger partial charge in [0.05, 0.1) is 17.9 Å². The van der Waals surface area contributed by atoms with Gasteiger partial charge in [-0.15, -0.1) is 0 Å². The second-order valence-corrected chi connectivity index (χ2v) is 6.25. The molecule has 0 spiro atoms. The van der Waals surface area contributed by atoms with E-state index in [9.17, 15) is 9.18 Å². The van der Waals surface area contributed by atoms with Crippen LogP contribution in [-0.4, -0.2) is 18.2 Å². The molecule has 0 bridgehead atoms. The van der Waals surface area contributed by atoms with E-state index in [4.69, 9.17) is 10.00 Å². The van der Waals surface area contributed by atoms with Crippen LogP contribution in [-0.2, 0) is 9.53 Å². The Hall–Kier alpha value is -1.11. The lowest BCUT2D eigenvalue weighted by Gasteiger charge is -2.31. The molecular weight excluding hydrogens is 257 g/mol. The highest BCUT2D eigenvalue weighted by atomic mass is 19.1. The molecule has 0 aliphatic heterocycles. The number of halogens is 1. The summed E-state index contributed by atoms with van der Waals surface area (Å²) in [6.07, 6.45) is 5.03. The standard InChI is InChI=1S/C16H24FNO2/c1-2-11-3-5-12(6-4-11)16(19)20-14-8-7-13(10-18)15(17)9-14/h11-15H,2-9H2,1H3. The highest BCUT2D eigenvalue weighted by Crippen LogP contribution is 2.33. The monoisotopic (exact) mass is 281 g/mol. The number of carbonyl (C=O) groups is 1. The molecule has 0 aromatic heterocycles. The van der Waals surface area contributed by atoms with Crippen molar-refractivity contribution in [3.8, 4) is 6.07 Å². The van der Waals surface area contributed by atoms with Crippen molar-refractivity contribution in [2.24, 2.45) is 17.8 Å². The largest absolute Gasteiger partial charge is 0.462 e. The van der Waals surface area contributed by atoms with Gasteiger partial charge in [-0.05, 0) is 44.4 Å². The van der Waals surface area contributed by atoms with Crippen LogP contribution in [0, 0.1) is 29.1 Å². The number of carbonyl (C=O) groups excluding carboxylic acids is 1. The number of esters is 1. The summed E-state index contributed by atoms with van der Waals surface area (Å²) in [5, 5.41) is 8.78. The Morgan fingerprint density at radius 1 is 1.25 bits per heavy atom. The van der Waals surface area contributed by atoms with Crippen molar-refractivity contribution in [3.63, 3.8) is 0 Å². The van der Waals surface area contributed by atoms with E-state index in [2.05, 4.69) is 6.92 Å². The van der Waals surface area contributed by atoms with Crippen LogP contribution in [0.3, 0.4) is 0 Å². The van der Waals surface area contributed by atoms with Crippen LogP contribution in [0.1, 0.15) is 58.3 Å². The third-order valence-electron chi connectivity index (χ3n) is 4.93. The van der Waals surface area contributed by atoms with E-state index < -0.39 is 12.1 Å². The lowest BCUT2D eigenvalue weighted by molar-refractivity contribution is -0.158. The third-order valence-corrected chi connectivity index (χ3v) is 4.93. The van der Waals surface area contributed by atoms with E-state index in [1.165, 1.54) is 6.42 Å². The minimum atomic E-state index is -1.15. The Kier molecular flexibility index (Phi) is 5.39. The molecule has 20 heavy (non-hydrogen) atoms. The molecule has 2 saturated carbocycles. The van der Waals surface area contributed by atoms with Crippen molar-refractivity contribution < 1.29 is 13.9 Å². The van der Waals surface area contributed by atoms with Gasteiger partial charge in [0.15, 0.2) is 0 Å². The van der Waals surface area contributed by atoms with Gasteiger partial charge in [-0.1, -0.05) is 13.3 Å². The predicted octanol–water partition coefficient (Wildman–Crippen LogP) is 3.78. The molecule has 0 amide bonds. The van der Waals surface area contributed by atoms with Crippen molar-refractivity contribution in [2.75, 3.05) is 0 Å². The smallest absolute Gasteiger partial charge is 0.309 e. The van der Waals surface area contributed by atoms with Gasteiger partial charge in [-0.25, -0.2) is 4.39 Å². The van der Waals surface area contributed by atoms with Crippen molar-refractivity contribution in [1.29, 1.82) is 5.26 Å². The molecule has 2 aliphatic carbocycles. The number of ether oxygens (including phenoxy) is 1. The maximum absolute atomic E-state index is 13.7. The quantitative estimate of drug-likeness (QED) is 0.740. The number of nitriles is 1.